The fourth-order valence-corrected chi connectivity index (χ4v) is 5.31. The summed E-state index contributed by atoms with van der Waals surface area (Å²) in [6.07, 6.45) is 2.24. The first kappa shape index (κ1) is 19.1. The zero-order chi connectivity index (χ0) is 20.4. The van der Waals surface area contributed by atoms with E-state index in [1.54, 1.807) is 54.7 Å². The number of nitrogens with zero attached hydrogens (tertiary/aromatic N) is 2. The summed E-state index contributed by atoms with van der Waals surface area (Å²) in [7, 11) is -3.66. The molecule has 3 aromatic rings. The molecule has 2 aromatic carbocycles. The molecule has 29 heavy (non-hydrogen) atoms. The first-order valence-electron chi connectivity index (χ1n) is 9.37. The Hall–Kier alpha value is -3.19. The topological polar surface area (TPSA) is 79.4 Å². The van der Waals surface area contributed by atoms with Gasteiger partial charge in [0, 0.05) is 17.8 Å². The number of pyridine rings is 1. The first-order chi connectivity index (χ1) is 14.0. The molecule has 1 aliphatic rings. The normalized spacial score (nSPS) is 15.8. The second-order valence-corrected chi connectivity index (χ2v) is 8.83. The molecule has 0 saturated carbocycles. The SMILES string of the molecule is CC1Cc2cc(C(=O)NCc3ccccn3)ccc2N1S(=O)(=O)c1ccccc1. The molecule has 2 heterocycles. The van der Waals surface area contributed by atoms with Crippen LogP contribution in [-0.4, -0.2) is 25.4 Å². The first-order valence-corrected chi connectivity index (χ1v) is 10.8. The van der Waals surface area contributed by atoms with Gasteiger partial charge in [0.05, 0.1) is 22.8 Å². The molecule has 1 unspecified atom stereocenters. The molecule has 1 amide bonds. The second-order valence-electron chi connectivity index (χ2n) is 7.01. The van der Waals surface area contributed by atoms with Crippen molar-refractivity contribution >= 4 is 21.6 Å². The minimum absolute atomic E-state index is 0.213. The van der Waals surface area contributed by atoms with Crippen molar-refractivity contribution in [1.29, 1.82) is 0 Å². The van der Waals surface area contributed by atoms with Crippen LogP contribution in [0.2, 0.25) is 0 Å². The van der Waals surface area contributed by atoms with Gasteiger partial charge in [0.1, 0.15) is 0 Å². The highest BCUT2D eigenvalue weighted by Crippen LogP contribution is 2.37. The van der Waals surface area contributed by atoms with Crippen molar-refractivity contribution in [1.82, 2.24) is 10.3 Å². The summed E-state index contributed by atoms with van der Waals surface area (Å²) in [6, 6.07) is 18.9. The van der Waals surface area contributed by atoms with Gasteiger partial charge in [0.2, 0.25) is 0 Å². The predicted octanol–water partition coefficient (Wildman–Crippen LogP) is 3.15. The van der Waals surface area contributed by atoms with Gasteiger partial charge in [0.15, 0.2) is 0 Å². The lowest BCUT2D eigenvalue weighted by atomic mass is 10.1. The zero-order valence-corrected chi connectivity index (χ0v) is 16.8. The van der Waals surface area contributed by atoms with Crippen LogP contribution in [0.5, 0.6) is 0 Å². The van der Waals surface area contributed by atoms with Crippen molar-refractivity contribution in [2.75, 3.05) is 4.31 Å². The molecule has 6 nitrogen and oxygen atoms in total. The number of nitrogens with one attached hydrogen (secondary N) is 1. The lowest BCUT2D eigenvalue weighted by Crippen LogP contribution is -2.35. The average Bonchev–Trinajstić information content (AvgIpc) is 3.09. The summed E-state index contributed by atoms with van der Waals surface area (Å²) in [5.74, 6) is -0.213. The van der Waals surface area contributed by atoms with Crippen molar-refractivity contribution < 1.29 is 13.2 Å². The number of carbonyl (C=O) groups is 1. The monoisotopic (exact) mass is 407 g/mol. The van der Waals surface area contributed by atoms with E-state index in [4.69, 9.17) is 0 Å². The van der Waals surface area contributed by atoms with E-state index in [9.17, 15) is 13.2 Å². The number of fused-ring (bicyclic) bond motifs is 1. The lowest BCUT2D eigenvalue weighted by molar-refractivity contribution is 0.0950. The molecule has 4 rings (SSSR count). The zero-order valence-electron chi connectivity index (χ0n) is 15.9. The van der Waals surface area contributed by atoms with Gasteiger partial charge in [-0.25, -0.2) is 8.42 Å². The minimum Gasteiger partial charge on any atom is -0.346 e. The maximum atomic E-state index is 13.1. The third-order valence-electron chi connectivity index (χ3n) is 4.95. The maximum Gasteiger partial charge on any atom is 0.264 e. The summed E-state index contributed by atoms with van der Waals surface area (Å²) >= 11 is 0. The fourth-order valence-electron chi connectivity index (χ4n) is 3.59. The van der Waals surface area contributed by atoms with E-state index in [1.165, 1.54) is 4.31 Å². The van der Waals surface area contributed by atoms with Crippen LogP contribution in [0.3, 0.4) is 0 Å². The van der Waals surface area contributed by atoms with Crippen LogP contribution >= 0.6 is 0 Å². The van der Waals surface area contributed by atoms with Gasteiger partial charge in [-0.15, -0.1) is 0 Å². The molecular formula is C22H21N3O3S. The van der Waals surface area contributed by atoms with Gasteiger partial charge in [-0.3, -0.25) is 14.1 Å². The molecule has 7 heteroatoms. The predicted molar refractivity (Wildman–Crippen MR) is 111 cm³/mol. The molecule has 0 saturated heterocycles. The van der Waals surface area contributed by atoms with E-state index in [-0.39, 0.29) is 16.8 Å². The van der Waals surface area contributed by atoms with E-state index in [1.807, 2.05) is 25.1 Å². The third-order valence-corrected chi connectivity index (χ3v) is 6.89. The number of benzene rings is 2. The van der Waals surface area contributed by atoms with Gasteiger partial charge >= 0.3 is 0 Å². The largest absolute Gasteiger partial charge is 0.346 e. The molecule has 1 atom stereocenters. The second kappa shape index (κ2) is 7.67. The number of sulfonamides is 1. The van der Waals surface area contributed by atoms with Crippen molar-refractivity contribution in [3.8, 4) is 0 Å². The summed E-state index contributed by atoms with van der Waals surface area (Å²) < 4.78 is 27.7. The molecule has 0 aliphatic carbocycles. The number of hydrogen-bond donors (Lipinski definition) is 1. The standard InChI is InChI=1S/C22H21N3O3S/c1-16-13-18-14-17(22(26)24-15-19-7-5-6-12-23-19)10-11-21(18)25(16)29(27,28)20-8-3-2-4-9-20/h2-12,14,16H,13,15H2,1H3,(H,24,26). The van der Waals surface area contributed by atoms with Crippen molar-refractivity contribution in [2.24, 2.45) is 0 Å². The van der Waals surface area contributed by atoms with E-state index in [0.29, 0.717) is 24.2 Å². The van der Waals surface area contributed by atoms with Crippen LogP contribution in [0.15, 0.2) is 77.8 Å². The average molecular weight is 407 g/mol. The number of hydrogen-bond acceptors (Lipinski definition) is 4. The Bertz CT molecular complexity index is 1130. The van der Waals surface area contributed by atoms with Crippen LogP contribution in [-0.2, 0) is 23.0 Å². The van der Waals surface area contributed by atoms with Crippen LogP contribution < -0.4 is 9.62 Å². The highest BCUT2D eigenvalue weighted by molar-refractivity contribution is 7.92. The number of amides is 1. The van der Waals surface area contributed by atoms with Crippen molar-refractivity contribution in [3.63, 3.8) is 0 Å². The quantitative estimate of drug-likeness (QED) is 0.705. The van der Waals surface area contributed by atoms with E-state index < -0.39 is 10.0 Å². The Morgan fingerprint density at radius 3 is 2.59 bits per heavy atom. The number of rotatable bonds is 5. The molecule has 1 aliphatic heterocycles. The minimum atomic E-state index is -3.66. The van der Waals surface area contributed by atoms with Crippen LogP contribution in [0, 0.1) is 0 Å². The van der Waals surface area contributed by atoms with Gasteiger partial charge < -0.3 is 5.32 Å². The molecule has 1 N–H and O–H groups in total. The van der Waals surface area contributed by atoms with E-state index >= 15 is 0 Å². The molecule has 0 bridgehead atoms. The van der Waals surface area contributed by atoms with Crippen LogP contribution in [0.25, 0.3) is 0 Å². The number of carbonyl (C=O) groups excluding carboxylic acids is 1. The Balaban J connectivity index is 1.57. The van der Waals surface area contributed by atoms with E-state index in [0.717, 1.165) is 11.3 Å². The van der Waals surface area contributed by atoms with Crippen LogP contribution in [0.1, 0.15) is 28.5 Å². The van der Waals surface area contributed by atoms with Crippen molar-refractivity contribution in [2.45, 2.75) is 30.8 Å². The smallest absolute Gasteiger partial charge is 0.264 e. The highest BCUT2D eigenvalue weighted by Gasteiger charge is 2.36. The summed E-state index contributed by atoms with van der Waals surface area (Å²) in [5.41, 5.74) is 2.76. The van der Waals surface area contributed by atoms with Gasteiger partial charge in [-0.05, 0) is 61.4 Å². The molecule has 0 spiro atoms. The highest BCUT2D eigenvalue weighted by atomic mass is 32.2. The summed E-state index contributed by atoms with van der Waals surface area (Å²) in [5, 5.41) is 2.85. The molecule has 148 valence electrons. The summed E-state index contributed by atoms with van der Waals surface area (Å²) in [6.45, 7) is 2.21. The van der Waals surface area contributed by atoms with Crippen molar-refractivity contribution in [3.05, 3.63) is 89.7 Å². The lowest BCUT2D eigenvalue weighted by Gasteiger charge is -2.24. The Kier molecular flexibility index (Phi) is 5.07. The van der Waals surface area contributed by atoms with Gasteiger partial charge in [0.25, 0.3) is 15.9 Å². The molecule has 0 radical (unpaired) electrons. The number of anilines is 1. The molecular weight excluding hydrogens is 386 g/mol. The fraction of sp³-hybridized carbons (Fsp3) is 0.182. The summed E-state index contributed by atoms with van der Waals surface area (Å²) in [4.78, 5) is 17.0. The van der Waals surface area contributed by atoms with Gasteiger partial charge in [-0.2, -0.15) is 0 Å². The van der Waals surface area contributed by atoms with Gasteiger partial charge in [-0.1, -0.05) is 24.3 Å². The molecule has 1 aromatic heterocycles. The van der Waals surface area contributed by atoms with Crippen LogP contribution in [0.4, 0.5) is 5.69 Å². The molecule has 0 fully saturated rings. The Labute approximate surface area is 170 Å². The maximum absolute atomic E-state index is 13.1. The number of aromatic nitrogens is 1. The Morgan fingerprint density at radius 2 is 1.86 bits per heavy atom. The third kappa shape index (κ3) is 3.73. The Morgan fingerprint density at radius 1 is 1.10 bits per heavy atom. The van der Waals surface area contributed by atoms with E-state index in [2.05, 4.69) is 10.3 Å².